The molecule has 30 heavy (non-hydrogen) atoms. The smallest absolute Gasteiger partial charge is 0.369 e. The number of aromatic nitrogens is 1. The van der Waals surface area contributed by atoms with Crippen LogP contribution < -0.4 is 0 Å². The second-order valence-electron chi connectivity index (χ2n) is 6.58. The number of benzene rings is 1. The number of hydrogen-bond donors (Lipinski definition) is 0. The third kappa shape index (κ3) is 6.02. The molecule has 11 heteroatoms. The molecule has 0 radical (unpaired) electrons. The number of carbonyl (C=O) groups excluding carboxylic acids is 1. The molecule has 0 unspecified atom stereocenters. The van der Waals surface area contributed by atoms with Gasteiger partial charge in [0.1, 0.15) is 5.25 Å². The maximum absolute atomic E-state index is 13.2. The molecule has 0 N–H and O–H groups in total. The van der Waals surface area contributed by atoms with Gasteiger partial charge < -0.3 is 4.90 Å². The van der Waals surface area contributed by atoms with Gasteiger partial charge in [0.2, 0.25) is 5.91 Å². The average Bonchev–Trinajstić information content (AvgIpc) is 2.67. The lowest BCUT2D eigenvalue weighted by Crippen LogP contribution is -2.18. The lowest BCUT2D eigenvalue weighted by molar-refractivity contribution is -0.137. The first kappa shape index (κ1) is 23.8. The van der Waals surface area contributed by atoms with Crippen molar-refractivity contribution in [2.24, 2.45) is 4.99 Å². The summed E-state index contributed by atoms with van der Waals surface area (Å²) in [6.07, 6.45) is -3.40. The molecule has 0 saturated heterocycles. The Morgan fingerprint density at radius 1 is 1.27 bits per heavy atom. The molecule has 0 aliphatic heterocycles. The van der Waals surface area contributed by atoms with Crippen LogP contribution >= 0.6 is 11.6 Å². The zero-order chi connectivity index (χ0) is 22.5. The molecule has 0 aliphatic rings. The van der Waals surface area contributed by atoms with E-state index in [1.807, 2.05) is 0 Å². The summed E-state index contributed by atoms with van der Waals surface area (Å²) < 4.78 is 65.1. The highest BCUT2D eigenvalue weighted by Gasteiger charge is 2.35. The number of alkyl halides is 3. The Bertz CT molecular complexity index is 1030. The van der Waals surface area contributed by atoms with Crippen LogP contribution in [0.5, 0.6) is 0 Å². The Labute approximate surface area is 177 Å². The summed E-state index contributed by atoms with van der Waals surface area (Å²) in [6.45, 7) is 0. The average molecular weight is 462 g/mol. The van der Waals surface area contributed by atoms with E-state index in [4.69, 9.17) is 11.6 Å². The highest BCUT2D eigenvalue weighted by atomic mass is 35.5. The van der Waals surface area contributed by atoms with Crippen LogP contribution in [0.4, 0.5) is 13.2 Å². The van der Waals surface area contributed by atoms with E-state index in [0.717, 1.165) is 0 Å². The molecule has 0 spiro atoms. The van der Waals surface area contributed by atoms with Crippen LogP contribution in [0.15, 0.2) is 52.5 Å². The number of halogens is 4. The van der Waals surface area contributed by atoms with Gasteiger partial charge in [-0.2, -0.15) is 13.2 Å². The maximum atomic E-state index is 13.2. The van der Waals surface area contributed by atoms with Gasteiger partial charge in [-0.05, 0) is 24.6 Å². The second kappa shape index (κ2) is 9.57. The highest BCUT2D eigenvalue weighted by molar-refractivity contribution is 7.91. The van der Waals surface area contributed by atoms with Crippen LogP contribution in [-0.2, 0) is 20.8 Å². The van der Waals surface area contributed by atoms with Crippen LogP contribution in [0, 0.1) is 0 Å². The number of rotatable bonds is 7. The zero-order valence-corrected chi connectivity index (χ0v) is 17.7. The van der Waals surface area contributed by atoms with Gasteiger partial charge in [0.15, 0.2) is 9.84 Å². The second-order valence-corrected chi connectivity index (χ2v) is 9.11. The Morgan fingerprint density at radius 3 is 2.43 bits per heavy atom. The number of carbonyl (C=O) groups is 1. The Hall–Kier alpha value is -2.46. The van der Waals surface area contributed by atoms with E-state index in [-0.39, 0.29) is 23.4 Å². The molecule has 1 atom stereocenters. The molecule has 0 fully saturated rings. The number of aliphatic imine (C=N–C) groups is 1. The first-order valence-electron chi connectivity index (χ1n) is 8.68. The van der Waals surface area contributed by atoms with Gasteiger partial charge in [-0.15, -0.1) is 0 Å². The van der Waals surface area contributed by atoms with Crippen molar-refractivity contribution in [3.05, 3.63) is 58.9 Å². The van der Waals surface area contributed by atoms with E-state index < -0.39 is 37.8 Å². The number of pyridine rings is 1. The van der Waals surface area contributed by atoms with Crippen LogP contribution in [0.25, 0.3) is 0 Å². The molecular weight excluding hydrogens is 443 g/mol. The molecule has 162 valence electrons. The Balaban J connectivity index is 2.45. The first-order valence-corrected chi connectivity index (χ1v) is 10.6. The molecule has 1 heterocycles. The SMILES string of the molecule is CN(C)C=NC(=O)CC[C@@H](c1ncc(C(F)(F)F)cc1Cl)S(=O)(=O)c1ccccc1. The van der Waals surface area contributed by atoms with E-state index in [9.17, 15) is 26.4 Å². The maximum Gasteiger partial charge on any atom is 0.417 e. The van der Waals surface area contributed by atoms with Gasteiger partial charge in [0.05, 0.1) is 27.5 Å². The van der Waals surface area contributed by atoms with Gasteiger partial charge >= 0.3 is 6.18 Å². The fourth-order valence-corrected chi connectivity index (χ4v) is 4.69. The van der Waals surface area contributed by atoms with Crippen LogP contribution in [0.2, 0.25) is 5.02 Å². The molecule has 1 aromatic carbocycles. The van der Waals surface area contributed by atoms with Crippen LogP contribution in [0.3, 0.4) is 0 Å². The minimum absolute atomic E-state index is 0.0583. The largest absolute Gasteiger partial charge is 0.417 e. The van der Waals surface area contributed by atoms with Crippen molar-refractivity contribution in [3.8, 4) is 0 Å². The third-order valence-electron chi connectivity index (χ3n) is 4.00. The first-order chi connectivity index (χ1) is 13.9. The monoisotopic (exact) mass is 461 g/mol. The normalized spacial score (nSPS) is 13.4. The minimum atomic E-state index is -4.68. The molecule has 0 saturated carbocycles. The van der Waals surface area contributed by atoms with Crippen molar-refractivity contribution >= 4 is 33.7 Å². The summed E-state index contributed by atoms with van der Waals surface area (Å²) in [7, 11) is -0.778. The van der Waals surface area contributed by atoms with Gasteiger partial charge in [-0.3, -0.25) is 9.78 Å². The summed E-state index contributed by atoms with van der Waals surface area (Å²) in [5.41, 5.74) is -1.35. The Kier molecular flexibility index (Phi) is 7.59. The van der Waals surface area contributed by atoms with Crippen molar-refractivity contribution in [2.45, 2.75) is 29.2 Å². The summed E-state index contributed by atoms with van der Waals surface area (Å²) >= 11 is 5.99. The van der Waals surface area contributed by atoms with Gasteiger partial charge in [0.25, 0.3) is 0 Å². The molecule has 6 nitrogen and oxygen atoms in total. The number of nitrogens with zero attached hydrogens (tertiary/aromatic N) is 3. The van der Waals surface area contributed by atoms with Crippen molar-refractivity contribution in [2.75, 3.05) is 14.1 Å². The molecule has 0 bridgehead atoms. The fourth-order valence-electron chi connectivity index (χ4n) is 2.55. The van der Waals surface area contributed by atoms with Crippen molar-refractivity contribution in [1.29, 1.82) is 0 Å². The predicted octanol–water partition coefficient (Wildman–Crippen LogP) is 4.17. The van der Waals surface area contributed by atoms with E-state index in [0.29, 0.717) is 12.3 Å². The van der Waals surface area contributed by atoms with E-state index in [1.165, 1.54) is 35.5 Å². The summed E-state index contributed by atoms with van der Waals surface area (Å²) in [5.74, 6) is -0.583. The van der Waals surface area contributed by atoms with E-state index in [2.05, 4.69) is 9.98 Å². The Morgan fingerprint density at radius 2 is 1.90 bits per heavy atom. The lowest BCUT2D eigenvalue weighted by Gasteiger charge is -2.19. The number of amides is 1. The highest BCUT2D eigenvalue weighted by Crippen LogP contribution is 2.38. The van der Waals surface area contributed by atoms with Crippen molar-refractivity contribution in [1.82, 2.24) is 9.88 Å². The topological polar surface area (TPSA) is 79.7 Å². The summed E-state index contributed by atoms with van der Waals surface area (Å²) in [4.78, 5) is 20.8. The quantitative estimate of drug-likeness (QED) is 0.457. The van der Waals surface area contributed by atoms with E-state index >= 15 is 0 Å². The molecule has 0 aliphatic carbocycles. The van der Waals surface area contributed by atoms with Crippen LogP contribution in [-0.4, -0.2) is 44.6 Å². The number of sulfone groups is 1. The standard InChI is InChI=1S/C19H19ClF3N3O3S/c1-26(2)12-25-17(27)9-8-16(30(28,29)14-6-4-3-5-7-14)18-15(20)10-13(11-24-18)19(21,22)23/h3-7,10-12,16H,8-9H2,1-2H3/t16-/m0/s1. The van der Waals surface area contributed by atoms with Gasteiger partial charge in [-0.1, -0.05) is 29.8 Å². The van der Waals surface area contributed by atoms with Gasteiger partial charge in [-0.25, -0.2) is 13.4 Å². The molecule has 2 rings (SSSR count). The fraction of sp³-hybridized carbons (Fsp3) is 0.316. The molecular formula is C19H19ClF3N3O3S. The summed E-state index contributed by atoms with van der Waals surface area (Å²) in [5, 5.41) is -1.87. The van der Waals surface area contributed by atoms with E-state index in [1.54, 1.807) is 20.2 Å². The van der Waals surface area contributed by atoms with Gasteiger partial charge in [0, 0.05) is 26.7 Å². The van der Waals surface area contributed by atoms with Crippen LogP contribution in [0.1, 0.15) is 29.3 Å². The zero-order valence-electron chi connectivity index (χ0n) is 16.1. The predicted molar refractivity (Wildman–Crippen MR) is 107 cm³/mol. The van der Waals surface area contributed by atoms with Crippen molar-refractivity contribution < 1.29 is 26.4 Å². The number of hydrogen-bond acceptors (Lipinski definition) is 4. The minimum Gasteiger partial charge on any atom is -0.369 e. The van der Waals surface area contributed by atoms with Crippen molar-refractivity contribution in [3.63, 3.8) is 0 Å². The molecule has 1 aromatic heterocycles. The molecule has 2 aromatic rings. The summed E-state index contributed by atoms with van der Waals surface area (Å²) in [6, 6.07) is 7.98. The third-order valence-corrected chi connectivity index (χ3v) is 6.44. The molecule has 1 amide bonds. The lowest BCUT2D eigenvalue weighted by atomic mass is 10.1.